The maximum atomic E-state index is 13.2. The van der Waals surface area contributed by atoms with Gasteiger partial charge in [0.25, 0.3) is 5.91 Å². The summed E-state index contributed by atoms with van der Waals surface area (Å²) in [5, 5.41) is 4.34. The second-order valence-corrected chi connectivity index (χ2v) is 8.48. The molecule has 1 saturated heterocycles. The summed E-state index contributed by atoms with van der Waals surface area (Å²) >= 11 is 0. The molecule has 166 valence electrons. The highest BCUT2D eigenvalue weighted by Crippen LogP contribution is 2.29. The number of amides is 1. The van der Waals surface area contributed by atoms with Gasteiger partial charge in [0.1, 0.15) is 0 Å². The van der Waals surface area contributed by atoms with Gasteiger partial charge >= 0.3 is 0 Å². The third kappa shape index (κ3) is 4.45. The van der Waals surface area contributed by atoms with E-state index < -0.39 is 0 Å². The van der Waals surface area contributed by atoms with Gasteiger partial charge in [-0.15, -0.1) is 0 Å². The molecule has 5 nitrogen and oxygen atoms in total. The summed E-state index contributed by atoms with van der Waals surface area (Å²) in [5.41, 5.74) is 5.32. The highest BCUT2D eigenvalue weighted by atomic mass is 16.2. The van der Waals surface area contributed by atoms with Gasteiger partial charge in [0.15, 0.2) is 0 Å². The number of nitrogens with zero attached hydrogens (tertiary/aromatic N) is 4. The second kappa shape index (κ2) is 9.43. The fourth-order valence-corrected chi connectivity index (χ4v) is 4.64. The van der Waals surface area contributed by atoms with Crippen molar-refractivity contribution in [2.75, 3.05) is 26.2 Å². The van der Waals surface area contributed by atoms with Crippen LogP contribution in [0.25, 0.3) is 5.69 Å². The van der Waals surface area contributed by atoms with Gasteiger partial charge < -0.3 is 4.90 Å². The molecule has 1 aliphatic rings. The molecule has 0 radical (unpaired) electrons. The van der Waals surface area contributed by atoms with Gasteiger partial charge in [0.05, 0.1) is 11.7 Å². The van der Waals surface area contributed by atoms with E-state index in [-0.39, 0.29) is 11.9 Å². The number of benzene rings is 3. The first kappa shape index (κ1) is 21.2. The molecule has 0 N–H and O–H groups in total. The molecular formula is C28H28N4O. The van der Waals surface area contributed by atoms with Crippen LogP contribution in [0, 0.1) is 6.92 Å². The molecule has 5 rings (SSSR count). The van der Waals surface area contributed by atoms with Crippen molar-refractivity contribution in [3.63, 3.8) is 0 Å². The lowest BCUT2D eigenvalue weighted by molar-refractivity contribution is 0.0597. The maximum absolute atomic E-state index is 13.2. The van der Waals surface area contributed by atoms with Crippen molar-refractivity contribution in [2.45, 2.75) is 13.0 Å². The first-order chi connectivity index (χ1) is 16.2. The summed E-state index contributed by atoms with van der Waals surface area (Å²) in [6.07, 6.45) is 1.78. The van der Waals surface area contributed by atoms with Crippen molar-refractivity contribution in [1.29, 1.82) is 0 Å². The highest BCUT2D eigenvalue weighted by Gasteiger charge is 2.28. The second-order valence-electron chi connectivity index (χ2n) is 8.48. The van der Waals surface area contributed by atoms with Gasteiger partial charge in [-0.1, -0.05) is 60.7 Å². The number of hydrogen-bond acceptors (Lipinski definition) is 3. The van der Waals surface area contributed by atoms with Crippen LogP contribution in [-0.4, -0.2) is 51.7 Å². The number of carbonyl (C=O) groups is 1. The molecule has 1 aliphatic heterocycles. The Balaban J connectivity index is 1.29. The zero-order chi connectivity index (χ0) is 22.6. The maximum Gasteiger partial charge on any atom is 0.253 e. The van der Waals surface area contributed by atoms with E-state index >= 15 is 0 Å². The first-order valence-electron chi connectivity index (χ1n) is 11.4. The molecule has 0 unspecified atom stereocenters. The van der Waals surface area contributed by atoms with E-state index in [1.54, 1.807) is 6.20 Å². The van der Waals surface area contributed by atoms with Crippen LogP contribution in [0.1, 0.15) is 33.2 Å². The number of aromatic nitrogens is 2. The molecule has 1 aromatic heterocycles. The van der Waals surface area contributed by atoms with Crippen molar-refractivity contribution in [1.82, 2.24) is 19.6 Å². The fourth-order valence-electron chi connectivity index (χ4n) is 4.64. The summed E-state index contributed by atoms with van der Waals surface area (Å²) in [5.74, 6) is 0.0920. The molecule has 5 heteroatoms. The van der Waals surface area contributed by atoms with Crippen molar-refractivity contribution in [2.24, 2.45) is 0 Å². The molecule has 4 aromatic rings. The van der Waals surface area contributed by atoms with E-state index in [1.807, 2.05) is 46.8 Å². The van der Waals surface area contributed by atoms with Crippen molar-refractivity contribution < 1.29 is 4.79 Å². The minimum atomic E-state index is 0.0920. The largest absolute Gasteiger partial charge is 0.336 e. The van der Waals surface area contributed by atoms with Crippen molar-refractivity contribution in [3.8, 4) is 5.69 Å². The number of rotatable bonds is 5. The zero-order valence-corrected chi connectivity index (χ0v) is 18.8. The Hall–Kier alpha value is -3.70. The van der Waals surface area contributed by atoms with Crippen LogP contribution >= 0.6 is 0 Å². The quantitative estimate of drug-likeness (QED) is 0.454. The Bertz CT molecular complexity index is 1150. The lowest BCUT2D eigenvalue weighted by atomic mass is 9.96. The van der Waals surface area contributed by atoms with Gasteiger partial charge in [0, 0.05) is 43.6 Å². The summed E-state index contributed by atoms with van der Waals surface area (Å²) in [6.45, 7) is 5.13. The third-order valence-corrected chi connectivity index (χ3v) is 6.39. The molecule has 33 heavy (non-hydrogen) atoms. The Kier molecular flexibility index (Phi) is 6.05. The summed E-state index contributed by atoms with van der Waals surface area (Å²) in [4.78, 5) is 17.6. The van der Waals surface area contributed by atoms with Crippen LogP contribution in [0.15, 0.2) is 97.2 Å². The topological polar surface area (TPSA) is 41.4 Å². The number of hydrogen-bond donors (Lipinski definition) is 0. The Labute approximate surface area is 194 Å². The number of carbonyl (C=O) groups excluding carboxylic acids is 1. The average Bonchev–Trinajstić information content (AvgIpc) is 3.31. The monoisotopic (exact) mass is 436 g/mol. The first-order valence-corrected chi connectivity index (χ1v) is 11.4. The molecule has 3 aromatic carbocycles. The van der Waals surface area contributed by atoms with Gasteiger partial charge in [-0.05, 0) is 48.4 Å². The molecule has 2 heterocycles. The van der Waals surface area contributed by atoms with Crippen LogP contribution in [0.4, 0.5) is 0 Å². The SMILES string of the molecule is Cc1ccnn1-c1ccc(C(=O)N2CCN(C(c3ccccc3)c3ccccc3)CC2)cc1. The highest BCUT2D eigenvalue weighted by molar-refractivity contribution is 5.94. The molecule has 0 bridgehead atoms. The minimum absolute atomic E-state index is 0.0920. The third-order valence-electron chi connectivity index (χ3n) is 6.39. The fraction of sp³-hybridized carbons (Fsp3) is 0.214. The standard InChI is InChI=1S/C28H28N4O/c1-22-16-17-29-32(22)26-14-12-25(13-15-26)28(33)31-20-18-30(19-21-31)27(23-8-4-2-5-9-23)24-10-6-3-7-11-24/h2-17,27H,18-21H2,1H3. The molecule has 1 amide bonds. The van der Waals surface area contributed by atoms with Gasteiger partial charge in [-0.3, -0.25) is 9.69 Å². The Morgan fingerprint density at radius 1 is 0.758 bits per heavy atom. The Morgan fingerprint density at radius 3 is 1.85 bits per heavy atom. The number of piperazine rings is 1. The smallest absolute Gasteiger partial charge is 0.253 e. The zero-order valence-electron chi connectivity index (χ0n) is 18.8. The average molecular weight is 437 g/mol. The van der Waals surface area contributed by atoms with Crippen molar-refractivity contribution in [3.05, 3.63) is 120 Å². The molecule has 0 spiro atoms. The van der Waals surface area contributed by atoms with Crippen LogP contribution in [0.5, 0.6) is 0 Å². The molecule has 0 atom stereocenters. The summed E-state index contributed by atoms with van der Waals surface area (Å²) in [7, 11) is 0. The lowest BCUT2D eigenvalue weighted by Gasteiger charge is -2.39. The van der Waals surface area contributed by atoms with E-state index in [0.717, 1.165) is 43.1 Å². The van der Waals surface area contributed by atoms with Crippen LogP contribution in [-0.2, 0) is 0 Å². The van der Waals surface area contributed by atoms with E-state index in [9.17, 15) is 4.79 Å². The molecule has 0 saturated carbocycles. The molecule has 1 fully saturated rings. The van der Waals surface area contributed by atoms with Gasteiger partial charge in [-0.2, -0.15) is 5.10 Å². The molecular weight excluding hydrogens is 408 g/mol. The predicted molar refractivity (Wildman–Crippen MR) is 131 cm³/mol. The van der Waals surface area contributed by atoms with Crippen LogP contribution in [0.3, 0.4) is 0 Å². The lowest BCUT2D eigenvalue weighted by Crippen LogP contribution is -2.49. The van der Waals surface area contributed by atoms with E-state index in [1.165, 1.54) is 11.1 Å². The van der Waals surface area contributed by atoms with Crippen LogP contribution < -0.4 is 0 Å². The number of aryl methyl sites for hydroxylation is 1. The summed E-state index contributed by atoms with van der Waals surface area (Å²) < 4.78 is 1.88. The summed E-state index contributed by atoms with van der Waals surface area (Å²) in [6, 6.07) is 31.2. The van der Waals surface area contributed by atoms with E-state index in [2.05, 4.69) is 70.7 Å². The minimum Gasteiger partial charge on any atom is -0.336 e. The van der Waals surface area contributed by atoms with Crippen molar-refractivity contribution >= 4 is 5.91 Å². The van der Waals surface area contributed by atoms with Crippen LogP contribution in [0.2, 0.25) is 0 Å². The van der Waals surface area contributed by atoms with E-state index in [0.29, 0.717) is 0 Å². The van der Waals surface area contributed by atoms with E-state index in [4.69, 9.17) is 0 Å². The predicted octanol–water partition coefficient (Wildman–Crippen LogP) is 4.73. The van der Waals surface area contributed by atoms with Gasteiger partial charge in [-0.25, -0.2) is 4.68 Å². The normalized spacial score (nSPS) is 14.5. The van der Waals surface area contributed by atoms with Gasteiger partial charge in [0.2, 0.25) is 0 Å². The Morgan fingerprint density at radius 2 is 1.33 bits per heavy atom. The molecule has 0 aliphatic carbocycles.